The Balaban J connectivity index is 1.23. The highest BCUT2D eigenvalue weighted by atomic mass is 16.5. The Bertz CT molecular complexity index is 2070. The zero-order valence-corrected chi connectivity index (χ0v) is 37.4. The van der Waals surface area contributed by atoms with Gasteiger partial charge in [0.25, 0.3) is 0 Å². The molecule has 0 aromatic heterocycles. The molecule has 0 unspecified atom stereocenters. The number of ether oxygens (including phenoxy) is 4. The highest BCUT2D eigenvalue weighted by Gasteiger charge is 2.24. The van der Waals surface area contributed by atoms with Crippen molar-refractivity contribution in [2.45, 2.75) is 104 Å². The Hall–Kier alpha value is -5.56. The van der Waals surface area contributed by atoms with Gasteiger partial charge in [-0.2, -0.15) is 0 Å². The van der Waals surface area contributed by atoms with Gasteiger partial charge in [-0.05, 0) is 153 Å². The van der Waals surface area contributed by atoms with Gasteiger partial charge in [-0.15, -0.1) is 0 Å². The molecule has 0 fully saturated rings. The molecule has 6 aromatic carbocycles. The van der Waals surface area contributed by atoms with Crippen molar-refractivity contribution in [3.63, 3.8) is 0 Å². The summed E-state index contributed by atoms with van der Waals surface area (Å²) < 4.78 is 25.2. The summed E-state index contributed by atoms with van der Waals surface area (Å²) in [7, 11) is 0. The zero-order chi connectivity index (χ0) is 43.0. The summed E-state index contributed by atoms with van der Waals surface area (Å²) in [6.07, 6.45) is 1.55. The first-order valence-corrected chi connectivity index (χ1v) is 21.2. The minimum atomic E-state index is -0.395. The maximum absolute atomic E-state index is 6.57. The highest BCUT2D eigenvalue weighted by Crippen LogP contribution is 2.40. The molecule has 0 saturated heterocycles. The second kappa shape index (κ2) is 18.8. The standard InChI is InChI=1S/C54H64N2O4/c1-51(2,3)57-37-35-53(7,8)59-49-25-17-23-47(39-49)55(43-19-13-11-14-20-43)45-31-27-41(28-32-45)42-29-33-46(34-30-42)56(44-21-15-12-16-22-44)48-24-18-26-50(40-48)60-54(9,10)36-38-58-52(4,5)6/h11-34,39-40H,35-38H2,1-10H3. The SMILES string of the molecule is CC(C)(C)OCCC(C)(C)Oc1cccc(N(c2ccccc2)c2ccc(-c3ccc(N(c4ccccc4)c4cccc(OC(C)(C)CCOC(C)(C)C)c4)cc3)cc2)c1. The molecule has 0 spiro atoms. The van der Waals surface area contributed by atoms with E-state index in [0.717, 1.165) is 69.6 Å². The Labute approximate surface area is 359 Å². The normalized spacial score (nSPS) is 12.2. The van der Waals surface area contributed by atoms with Crippen LogP contribution in [0.25, 0.3) is 11.1 Å². The predicted molar refractivity (Wildman–Crippen MR) is 251 cm³/mol. The van der Waals surface area contributed by atoms with Crippen LogP contribution >= 0.6 is 0 Å². The largest absolute Gasteiger partial charge is 0.488 e. The van der Waals surface area contributed by atoms with Gasteiger partial charge < -0.3 is 28.7 Å². The maximum atomic E-state index is 6.57. The molecule has 0 bridgehead atoms. The average Bonchev–Trinajstić information content (AvgIpc) is 3.18. The van der Waals surface area contributed by atoms with Gasteiger partial charge in [0.1, 0.15) is 22.7 Å². The third-order valence-corrected chi connectivity index (χ3v) is 10.0. The monoisotopic (exact) mass is 804 g/mol. The molecule has 314 valence electrons. The van der Waals surface area contributed by atoms with Gasteiger partial charge in [0, 0.05) is 59.1 Å². The minimum Gasteiger partial charge on any atom is -0.488 e. The first-order chi connectivity index (χ1) is 28.4. The number of anilines is 6. The number of nitrogens with zero attached hydrogens (tertiary/aromatic N) is 2. The van der Waals surface area contributed by atoms with Crippen molar-refractivity contribution in [3.05, 3.63) is 158 Å². The topological polar surface area (TPSA) is 43.4 Å². The van der Waals surface area contributed by atoms with E-state index in [1.54, 1.807) is 0 Å². The van der Waals surface area contributed by atoms with E-state index in [2.05, 4.69) is 212 Å². The molecule has 6 rings (SSSR count). The molecule has 0 atom stereocenters. The molecule has 0 aliphatic heterocycles. The minimum absolute atomic E-state index is 0.182. The van der Waals surface area contributed by atoms with E-state index in [9.17, 15) is 0 Å². The van der Waals surface area contributed by atoms with E-state index in [4.69, 9.17) is 18.9 Å². The van der Waals surface area contributed by atoms with E-state index >= 15 is 0 Å². The molecular formula is C54H64N2O4. The molecule has 6 heteroatoms. The fourth-order valence-electron chi connectivity index (χ4n) is 6.97. The van der Waals surface area contributed by atoms with Crippen LogP contribution in [-0.2, 0) is 9.47 Å². The number of rotatable bonds is 17. The third kappa shape index (κ3) is 12.7. The van der Waals surface area contributed by atoms with Crippen LogP contribution in [0.15, 0.2) is 158 Å². The van der Waals surface area contributed by atoms with Crippen molar-refractivity contribution in [3.8, 4) is 22.6 Å². The maximum Gasteiger partial charge on any atom is 0.122 e. The lowest BCUT2D eigenvalue weighted by Gasteiger charge is -2.30. The molecule has 0 radical (unpaired) electrons. The molecule has 0 amide bonds. The Kier molecular flexibility index (Phi) is 13.8. The number of hydrogen-bond donors (Lipinski definition) is 0. The quantitative estimate of drug-likeness (QED) is 0.0915. The molecule has 60 heavy (non-hydrogen) atoms. The van der Waals surface area contributed by atoms with Crippen LogP contribution in [0.3, 0.4) is 0 Å². The summed E-state index contributed by atoms with van der Waals surface area (Å²) in [6.45, 7) is 22.2. The van der Waals surface area contributed by atoms with Gasteiger partial charge in [0.05, 0.1) is 24.4 Å². The smallest absolute Gasteiger partial charge is 0.122 e. The Morgan fingerprint density at radius 2 is 0.667 bits per heavy atom. The molecule has 0 N–H and O–H groups in total. The Morgan fingerprint density at radius 1 is 0.350 bits per heavy atom. The first kappa shape index (κ1) is 44.0. The molecular weight excluding hydrogens is 741 g/mol. The Morgan fingerprint density at radius 3 is 1.00 bits per heavy atom. The van der Waals surface area contributed by atoms with Gasteiger partial charge in [-0.3, -0.25) is 0 Å². The number of para-hydroxylation sites is 2. The molecule has 0 heterocycles. The van der Waals surface area contributed by atoms with Gasteiger partial charge in [-0.1, -0.05) is 72.8 Å². The van der Waals surface area contributed by atoms with E-state index in [1.165, 1.54) is 0 Å². The molecule has 0 aliphatic carbocycles. The highest BCUT2D eigenvalue weighted by molar-refractivity contribution is 5.81. The number of hydrogen-bond acceptors (Lipinski definition) is 6. The summed E-state index contributed by atoms with van der Waals surface area (Å²) >= 11 is 0. The molecule has 6 aromatic rings. The van der Waals surface area contributed by atoms with Crippen molar-refractivity contribution in [1.29, 1.82) is 0 Å². The van der Waals surface area contributed by atoms with Crippen molar-refractivity contribution >= 4 is 34.1 Å². The van der Waals surface area contributed by atoms with Crippen molar-refractivity contribution in [1.82, 2.24) is 0 Å². The van der Waals surface area contributed by atoms with E-state index < -0.39 is 11.2 Å². The molecule has 6 nitrogen and oxygen atoms in total. The van der Waals surface area contributed by atoms with Crippen LogP contribution < -0.4 is 19.3 Å². The molecule has 0 saturated carbocycles. The second-order valence-corrected chi connectivity index (χ2v) is 18.6. The number of benzene rings is 6. The predicted octanol–water partition coefficient (Wildman–Crippen LogP) is 15.0. The van der Waals surface area contributed by atoms with Crippen molar-refractivity contribution < 1.29 is 18.9 Å². The van der Waals surface area contributed by atoms with Crippen molar-refractivity contribution in [2.75, 3.05) is 23.0 Å². The van der Waals surface area contributed by atoms with Crippen LogP contribution in [0.5, 0.6) is 11.5 Å². The van der Waals surface area contributed by atoms with E-state index in [-0.39, 0.29) is 11.2 Å². The van der Waals surface area contributed by atoms with Crippen molar-refractivity contribution in [2.24, 2.45) is 0 Å². The lowest BCUT2D eigenvalue weighted by Crippen LogP contribution is -2.32. The lowest BCUT2D eigenvalue weighted by atomic mass is 10.0. The van der Waals surface area contributed by atoms with Crippen LogP contribution in [0.2, 0.25) is 0 Å². The van der Waals surface area contributed by atoms with Crippen LogP contribution in [0.1, 0.15) is 82.1 Å². The fourth-order valence-corrected chi connectivity index (χ4v) is 6.97. The van der Waals surface area contributed by atoms with Gasteiger partial charge in [0.15, 0.2) is 0 Å². The van der Waals surface area contributed by atoms with Crippen LogP contribution in [0.4, 0.5) is 34.1 Å². The fraction of sp³-hybridized carbons (Fsp3) is 0.333. The third-order valence-electron chi connectivity index (χ3n) is 10.0. The van der Waals surface area contributed by atoms with Crippen LogP contribution in [-0.4, -0.2) is 35.6 Å². The van der Waals surface area contributed by atoms with Crippen LogP contribution in [0, 0.1) is 0 Å². The van der Waals surface area contributed by atoms with Gasteiger partial charge in [-0.25, -0.2) is 0 Å². The van der Waals surface area contributed by atoms with E-state index in [0.29, 0.717) is 13.2 Å². The zero-order valence-electron chi connectivity index (χ0n) is 37.4. The average molecular weight is 805 g/mol. The van der Waals surface area contributed by atoms with Gasteiger partial charge in [0.2, 0.25) is 0 Å². The van der Waals surface area contributed by atoms with E-state index in [1.807, 2.05) is 24.3 Å². The molecule has 0 aliphatic rings. The summed E-state index contributed by atoms with van der Waals surface area (Å²) in [5.41, 5.74) is 7.40. The van der Waals surface area contributed by atoms with Gasteiger partial charge >= 0.3 is 0 Å². The summed E-state index contributed by atoms with van der Waals surface area (Å²) in [6, 6.07) is 55.2. The lowest BCUT2D eigenvalue weighted by molar-refractivity contribution is -0.0299. The second-order valence-electron chi connectivity index (χ2n) is 18.6. The first-order valence-electron chi connectivity index (χ1n) is 21.2. The summed E-state index contributed by atoms with van der Waals surface area (Å²) in [5, 5.41) is 0. The summed E-state index contributed by atoms with van der Waals surface area (Å²) in [4.78, 5) is 4.54. The summed E-state index contributed by atoms with van der Waals surface area (Å²) in [5.74, 6) is 1.64.